The van der Waals surface area contributed by atoms with Crippen LogP contribution in [0, 0.1) is 6.92 Å². The first-order valence-corrected chi connectivity index (χ1v) is 5.38. The fraction of sp³-hybridized carbons (Fsp3) is 0.500. The molecule has 0 saturated heterocycles. The van der Waals surface area contributed by atoms with Gasteiger partial charge in [0, 0.05) is 24.9 Å². The van der Waals surface area contributed by atoms with Crippen LogP contribution in [0.4, 0.5) is 0 Å². The highest BCUT2D eigenvalue weighted by Crippen LogP contribution is 2.27. The van der Waals surface area contributed by atoms with E-state index in [1.54, 1.807) is 6.92 Å². The normalized spacial score (nSPS) is 15.7. The molecule has 1 aliphatic heterocycles. The Balaban J connectivity index is 2.27. The summed E-state index contributed by atoms with van der Waals surface area (Å²) in [6, 6.07) is 0. The summed E-state index contributed by atoms with van der Waals surface area (Å²) in [4.78, 5) is 14.6. The first kappa shape index (κ1) is 8.75. The lowest BCUT2D eigenvalue weighted by Gasteiger charge is -2.26. The average Bonchev–Trinajstić information content (AvgIpc) is 2.47. The molecule has 13 heavy (non-hydrogen) atoms. The summed E-state index contributed by atoms with van der Waals surface area (Å²) in [7, 11) is 0. The van der Waals surface area contributed by atoms with E-state index in [1.807, 2.05) is 16.2 Å². The standard InChI is InChI=1S/C10H13NOS/c1-7-6-13-10-3-4-11(8(2)12)5-9(7)10/h6H,3-5H2,1-2H3. The Morgan fingerprint density at radius 3 is 3.08 bits per heavy atom. The molecule has 2 nitrogen and oxygen atoms in total. The molecule has 0 unspecified atom stereocenters. The largest absolute Gasteiger partial charge is 0.338 e. The van der Waals surface area contributed by atoms with Gasteiger partial charge in [0.1, 0.15) is 0 Å². The first-order valence-electron chi connectivity index (χ1n) is 4.50. The molecule has 1 aromatic heterocycles. The third-order valence-electron chi connectivity index (χ3n) is 2.59. The van der Waals surface area contributed by atoms with Gasteiger partial charge in [-0.05, 0) is 29.9 Å². The molecule has 0 saturated carbocycles. The van der Waals surface area contributed by atoms with Crippen LogP contribution in [-0.4, -0.2) is 17.4 Å². The molecular formula is C10H13NOS. The van der Waals surface area contributed by atoms with E-state index in [1.165, 1.54) is 16.0 Å². The number of carbonyl (C=O) groups is 1. The van der Waals surface area contributed by atoms with Crippen LogP contribution in [-0.2, 0) is 17.8 Å². The third kappa shape index (κ3) is 1.48. The topological polar surface area (TPSA) is 20.3 Å². The number of hydrogen-bond donors (Lipinski definition) is 0. The van der Waals surface area contributed by atoms with Crippen LogP contribution >= 0.6 is 11.3 Å². The van der Waals surface area contributed by atoms with Gasteiger partial charge in [-0.1, -0.05) is 0 Å². The van der Waals surface area contributed by atoms with Crippen molar-refractivity contribution >= 4 is 17.2 Å². The van der Waals surface area contributed by atoms with E-state index in [-0.39, 0.29) is 5.91 Å². The van der Waals surface area contributed by atoms with Gasteiger partial charge in [-0.25, -0.2) is 0 Å². The molecule has 2 rings (SSSR count). The van der Waals surface area contributed by atoms with Crippen molar-refractivity contribution in [1.29, 1.82) is 0 Å². The SMILES string of the molecule is CC(=O)N1CCc2scc(C)c2C1. The van der Waals surface area contributed by atoms with Crippen LogP contribution in [0.3, 0.4) is 0 Å². The predicted octanol–water partition coefficient (Wildman–Crippen LogP) is 1.96. The molecule has 0 atom stereocenters. The zero-order valence-corrected chi connectivity index (χ0v) is 8.78. The van der Waals surface area contributed by atoms with Crippen molar-refractivity contribution in [2.75, 3.05) is 6.54 Å². The van der Waals surface area contributed by atoms with Gasteiger partial charge in [0.15, 0.2) is 0 Å². The van der Waals surface area contributed by atoms with Gasteiger partial charge < -0.3 is 4.90 Å². The van der Waals surface area contributed by atoms with Crippen LogP contribution in [0.1, 0.15) is 22.9 Å². The molecule has 0 N–H and O–H groups in total. The predicted molar refractivity (Wildman–Crippen MR) is 53.9 cm³/mol. The molecule has 0 aromatic carbocycles. The van der Waals surface area contributed by atoms with Crippen LogP contribution < -0.4 is 0 Å². The molecule has 1 aromatic rings. The second-order valence-electron chi connectivity index (χ2n) is 3.51. The Morgan fingerprint density at radius 1 is 1.62 bits per heavy atom. The van der Waals surface area contributed by atoms with Crippen molar-refractivity contribution in [2.45, 2.75) is 26.8 Å². The summed E-state index contributed by atoms with van der Waals surface area (Å²) >= 11 is 1.83. The van der Waals surface area contributed by atoms with E-state index < -0.39 is 0 Å². The molecule has 0 fully saturated rings. The number of hydrogen-bond acceptors (Lipinski definition) is 2. The number of aryl methyl sites for hydroxylation is 1. The van der Waals surface area contributed by atoms with Gasteiger partial charge >= 0.3 is 0 Å². The molecule has 1 aliphatic rings. The third-order valence-corrected chi connectivity index (χ3v) is 3.80. The highest BCUT2D eigenvalue weighted by atomic mass is 32.1. The van der Waals surface area contributed by atoms with Crippen LogP contribution in [0.15, 0.2) is 5.38 Å². The van der Waals surface area contributed by atoms with Crippen LogP contribution in [0.5, 0.6) is 0 Å². The van der Waals surface area contributed by atoms with E-state index in [4.69, 9.17) is 0 Å². The molecule has 1 amide bonds. The molecule has 2 heterocycles. The van der Waals surface area contributed by atoms with E-state index in [2.05, 4.69) is 12.3 Å². The lowest BCUT2D eigenvalue weighted by molar-refractivity contribution is -0.129. The summed E-state index contributed by atoms with van der Waals surface area (Å²) in [6.45, 7) is 5.48. The van der Waals surface area contributed by atoms with Crippen LogP contribution in [0.2, 0.25) is 0 Å². The Morgan fingerprint density at radius 2 is 2.38 bits per heavy atom. The number of rotatable bonds is 0. The van der Waals surface area contributed by atoms with Crippen molar-refractivity contribution in [3.8, 4) is 0 Å². The quantitative estimate of drug-likeness (QED) is 0.619. The molecule has 0 spiro atoms. The maximum Gasteiger partial charge on any atom is 0.219 e. The van der Waals surface area contributed by atoms with Crippen molar-refractivity contribution in [1.82, 2.24) is 4.90 Å². The van der Waals surface area contributed by atoms with E-state index >= 15 is 0 Å². The zero-order valence-electron chi connectivity index (χ0n) is 7.96. The maximum atomic E-state index is 11.2. The van der Waals surface area contributed by atoms with Crippen LogP contribution in [0.25, 0.3) is 0 Å². The minimum absolute atomic E-state index is 0.191. The van der Waals surface area contributed by atoms with Gasteiger partial charge in [0.2, 0.25) is 5.91 Å². The van der Waals surface area contributed by atoms with Crippen molar-refractivity contribution in [2.24, 2.45) is 0 Å². The zero-order chi connectivity index (χ0) is 9.42. The monoisotopic (exact) mass is 195 g/mol. The molecule has 0 radical (unpaired) electrons. The molecular weight excluding hydrogens is 182 g/mol. The molecule has 0 bridgehead atoms. The Labute approximate surface area is 82.2 Å². The summed E-state index contributed by atoms with van der Waals surface area (Å²) < 4.78 is 0. The minimum Gasteiger partial charge on any atom is -0.338 e. The Hall–Kier alpha value is -0.830. The van der Waals surface area contributed by atoms with E-state index in [0.717, 1.165) is 19.5 Å². The average molecular weight is 195 g/mol. The smallest absolute Gasteiger partial charge is 0.219 e. The van der Waals surface area contributed by atoms with Crippen molar-refractivity contribution in [3.63, 3.8) is 0 Å². The fourth-order valence-electron chi connectivity index (χ4n) is 1.72. The maximum absolute atomic E-state index is 11.2. The molecule has 0 aliphatic carbocycles. The minimum atomic E-state index is 0.191. The highest BCUT2D eigenvalue weighted by molar-refractivity contribution is 7.10. The summed E-state index contributed by atoms with van der Waals surface area (Å²) in [5.41, 5.74) is 2.72. The van der Waals surface area contributed by atoms with Gasteiger partial charge in [-0.15, -0.1) is 11.3 Å². The van der Waals surface area contributed by atoms with Crippen molar-refractivity contribution in [3.05, 3.63) is 21.4 Å². The molecule has 70 valence electrons. The number of fused-ring (bicyclic) bond motifs is 1. The number of amides is 1. The lowest BCUT2D eigenvalue weighted by atomic mass is 10.1. The van der Waals surface area contributed by atoms with Gasteiger partial charge in [-0.2, -0.15) is 0 Å². The van der Waals surface area contributed by atoms with Gasteiger partial charge in [0.25, 0.3) is 0 Å². The first-order chi connectivity index (χ1) is 6.18. The number of thiophene rings is 1. The van der Waals surface area contributed by atoms with Crippen molar-refractivity contribution < 1.29 is 4.79 Å². The summed E-state index contributed by atoms with van der Waals surface area (Å²) in [5, 5.41) is 2.19. The summed E-state index contributed by atoms with van der Waals surface area (Å²) in [5.74, 6) is 0.191. The fourth-order valence-corrected chi connectivity index (χ4v) is 2.76. The Bertz CT molecular complexity index is 343. The van der Waals surface area contributed by atoms with Gasteiger partial charge in [0.05, 0.1) is 0 Å². The van der Waals surface area contributed by atoms with Gasteiger partial charge in [-0.3, -0.25) is 4.79 Å². The van der Waals surface area contributed by atoms with E-state index in [9.17, 15) is 4.79 Å². The second kappa shape index (κ2) is 3.14. The lowest BCUT2D eigenvalue weighted by Crippen LogP contribution is -2.33. The molecule has 3 heteroatoms. The second-order valence-corrected chi connectivity index (χ2v) is 4.48. The number of carbonyl (C=O) groups excluding carboxylic acids is 1. The number of nitrogens with zero attached hydrogens (tertiary/aromatic N) is 1. The van der Waals surface area contributed by atoms with E-state index in [0.29, 0.717) is 0 Å². The summed E-state index contributed by atoms with van der Waals surface area (Å²) in [6.07, 6.45) is 1.04. The highest BCUT2D eigenvalue weighted by Gasteiger charge is 2.20. The Kier molecular flexibility index (Phi) is 2.12.